The summed E-state index contributed by atoms with van der Waals surface area (Å²) >= 11 is 5.87. The Kier molecular flexibility index (Phi) is 6.00. The molecule has 2 aromatic rings. The van der Waals surface area contributed by atoms with Gasteiger partial charge in [0.2, 0.25) is 11.1 Å². The maximum Gasteiger partial charge on any atom is 0.229 e. The number of rotatable bonds is 8. The number of hydrogen-bond donors (Lipinski definition) is 1. The number of imidazole rings is 1. The van der Waals surface area contributed by atoms with Crippen LogP contribution in [0.15, 0.2) is 16.9 Å². The molecular weight excluding hydrogens is 304 g/mol. The van der Waals surface area contributed by atoms with Crippen LogP contribution in [0.4, 0.5) is 0 Å². The highest BCUT2D eigenvalue weighted by Gasteiger charge is 2.12. The van der Waals surface area contributed by atoms with Crippen molar-refractivity contribution in [3.05, 3.63) is 34.7 Å². The molecule has 0 aliphatic carbocycles. The van der Waals surface area contributed by atoms with Crippen molar-refractivity contribution in [2.75, 3.05) is 6.54 Å². The first kappa shape index (κ1) is 16.5. The monoisotopic (exact) mass is 324 g/mol. The summed E-state index contributed by atoms with van der Waals surface area (Å²) in [6.45, 7) is 5.42. The van der Waals surface area contributed by atoms with E-state index in [2.05, 4.69) is 20.0 Å². The summed E-state index contributed by atoms with van der Waals surface area (Å²) in [7, 11) is 0. The van der Waals surface area contributed by atoms with Crippen LogP contribution in [0.25, 0.3) is 0 Å². The Morgan fingerprint density at radius 1 is 1.41 bits per heavy atom. The third-order valence-electron chi connectivity index (χ3n) is 3.61. The molecule has 0 radical (unpaired) electrons. The van der Waals surface area contributed by atoms with Crippen LogP contribution in [-0.4, -0.2) is 27.2 Å². The lowest BCUT2D eigenvalue weighted by molar-refractivity contribution is -0.121. The minimum absolute atomic E-state index is 0.0236. The molecule has 0 saturated carbocycles. The molecule has 1 amide bonds. The van der Waals surface area contributed by atoms with E-state index in [4.69, 9.17) is 16.1 Å². The van der Waals surface area contributed by atoms with Gasteiger partial charge in [-0.05, 0) is 44.7 Å². The van der Waals surface area contributed by atoms with Gasteiger partial charge in [0, 0.05) is 37.5 Å². The highest BCUT2D eigenvalue weighted by atomic mass is 35.5. The summed E-state index contributed by atoms with van der Waals surface area (Å²) in [4.78, 5) is 16.0. The third-order valence-corrected chi connectivity index (χ3v) is 3.91. The zero-order chi connectivity index (χ0) is 15.9. The van der Waals surface area contributed by atoms with Crippen LogP contribution in [0.2, 0.25) is 5.22 Å². The van der Waals surface area contributed by atoms with Gasteiger partial charge in [0.25, 0.3) is 0 Å². The predicted octanol–water partition coefficient (Wildman–Crippen LogP) is 2.67. The maximum absolute atomic E-state index is 11.8. The van der Waals surface area contributed by atoms with Crippen molar-refractivity contribution in [3.8, 4) is 0 Å². The van der Waals surface area contributed by atoms with Crippen LogP contribution < -0.4 is 5.32 Å². The van der Waals surface area contributed by atoms with E-state index in [1.54, 1.807) is 6.20 Å². The van der Waals surface area contributed by atoms with Crippen LogP contribution >= 0.6 is 11.6 Å². The summed E-state index contributed by atoms with van der Waals surface area (Å²) in [5.41, 5.74) is 1.56. The van der Waals surface area contributed by atoms with Crippen LogP contribution in [0.5, 0.6) is 0 Å². The second-order valence-corrected chi connectivity index (χ2v) is 5.59. The molecule has 0 spiro atoms. The second kappa shape index (κ2) is 7.98. The minimum Gasteiger partial charge on any atom is -0.356 e. The first-order valence-corrected chi connectivity index (χ1v) is 7.81. The molecule has 0 bridgehead atoms. The zero-order valence-electron chi connectivity index (χ0n) is 12.9. The molecule has 0 aliphatic rings. The number of aromatic nitrogens is 3. The number of carbonyl (C=O) groups is 1. The quantitative estimate of drug-likeness (QED) is 0.758. The maximum atomic E-state index is 11.8. The van der Waals surface area contributed by atoms with Crippen molar-refractivity contribution in [1.82, 2.24) is 20.0 Å². The van der Waals surface area contributed by atoms with Crippen LogP contribution in [0.1, 0.15) is 36.3 Å². The molecule has 0 unspecified atom stereocenters. The largest absolute Gasteiger partial charge is 0.356 e. The van der Waals surface area contributed by atoms with E-state index in [1.807, 2.05) is 20.0 Å². The summed E-state index contributed by atoms with van der Waals surface area (Å²) < 4.78 is 6.97. The molecule has 0 aromatic carbocycles. The fourth-order valence-corrected chi connectivity index (χ4v) is 2.51. The number of unbranched alkanes of at least 4 members (excludes halogenated alkanes) is 1. The van der Waals surface area contributed by atoms with Gasteiger partial charge in [-0.3, -0.25) is 4.79 Å². The lowest BCUT2D eigenvalue weighted by Gasteiger charge is -2.06. The van der Waals surface area contributed by atoms with E-state index in [0.29, 0.717) is 19.4 Å². The lowest BCUT2D eigenvalue weighted by atomic mass is 10.1. The lowest BCUT2D eigenvalue weighted by Crippen LogP contribution is -2.24. The summed E-state index contributed by atoms with van der Waals surface area (Å²) in [5, 5.41) is 6.97. The highest BCUT2D eigenvalue weighted by Crippen LogP contribution is 2.20. The molecular formula is C15H21ClN4O2. The average molecular weight is 325 g/mol. The Morgan fingerprint density at radius 2 is 2.23 bits per heavy atom. The van der Waals surface area contributed by atoms with Gasteiger partial charge in [-0.15, -0.1) is 0 Å². The summed E-state index contributed by atoms with van der Waals surface area (Å²) in [5.74, 6) is 1.04. The molecule has 0 fully saturated rings. The van der Waals surface area contributed by atoms with E-state index in [9.17, 15) is 4.79 Å². The molecule has 0 saturated heterocycles. The SMILES string of the molecule is Cc1noc(Cl)c1CCC(=O)NCCCCn1ccnc1C. The standard InChI is InChI=1S/C15H21ClN4O2/c1-11-13(15(16)22-19-11)5-6-14(21)18-7-3-4-9-20-10-8-17-12(20)2/h8,10H,3-7,9H2,1-2H3,(H,18,21). The average Bonchev–Trinajstić information content (AvgIpc) is 3.03. The molecule has 1 N–H and O–H groups in total. The molecule has 2 aromatic heterocycles. The molecule has 0 atom stereocenters. The van der Waals surface area contributed by atoms with Crippen molar-refractivity contribution < 1.29 is 9.32 Å². The van der Waals surface area contributed by atoms with Gasteiger partial charge in [0.05, 0.1) is 5.69 Å². The second-order valence-electron chi connectivity index (χ2n) is 5.25. The Hall–Kier alpha value is -1.82. The molecule has 2 heterocycles. The Balaban J connectivity index is 1.59. The van der Waals surface area contributed by atoms with Crippen LogP contribution in [-0.2, 0) is 17.8 Å². The summed E-state index contributed by atoms with van der Waals surface area (Å²) in [6.07, 6.45) is 6.66. The molecule has 7 heteroatoms. The zero-order valence-corrected chi connectivity index (χ0v) is 13.7. The van der Waals surface area contributed by atoms with E-state index in [0.717, 1.165) is 36.5 Å². The van der Waals surface area contributed by atoms with Crippen molar-refractivity contribution in [3.63, 3.8) is 0 Å². The Bertz CT molecular complexity index is 601. The number of amides is 1. The topological polar surface area (TPSA) is 73.0 Å². The number of nitrogens with one attached hydrogen (secondary N) is 1. The predicted molar refractivity (Wildman–Crippen MR) is 83.8 cm³/mol. The number of hydrogen-bond acceptors (Lipinski definition) is 4. The summed E-state index contributed by atoms with van der Waals surface area (Å²) in [6, 6.07) is 0. The van der Waals surface area contributed by atoms with Gasteiger partial charge in [-0.2, -0.15) is 0 Å². The normalized spacial score (nSPS) is 10.9. The van der Waals surface area contributed by atoms with Crippen molar-refractivity contribution in [2.45, 2.75) is 46.1 Å². The molecule has 120 valence electrons. The van der Waals surface area contributed by atoms with Gasteiger partial charge in [0.15, 0.2) is 0 Å². The highest BCUT2D eigenvalue weighted by molar-refractivity contribution is 6.29. The number of halogens is 1. The molecule has 6 nitrogen and oxygen atoms in total. The van der Waals surface area contributed by atoms with Gasteiger partial charge in [-0.25, -0.2) is 4.98 Å². The Labute approximate surface area is 134 Å². The van der Waals surface area contributed by atoms with Gasteiger partial charge < -0.3 is 14.4 Å². The van der Waals surface area contributed by atoms with Crippen molar-refractivity contribution >= 4 is 17.5 Å². The van der Waals surface area contributed by atoms with Crippen LogP contribution in [0.3, 0.4) is 0 Å². The van der Waals surface area contributed by atoms with Crippen molar-refractivity contribution in [2.24, 2.45) is 0 Å². The first-order chi connectivity index (χ1) is 10.6. The first-order valence-electron chi connectivity index (χ1n) is 7.43. The Morgan fingerprint density at radius 3 is 2.86 bits per heavy atom. The van der Waals surface area contributed by atoms with Gasteiger partial charge in [0.1, 0.15) is 5.82 Å². The van der Waals surface area contributed by atoms with E-state index >= 15 is 0 Å². The minimum atomic E-state index is 0.0236. The third kappa shape index (κ3) is 4.59. The fourth-order valence-electron chi connectivity index (χ4n) is 2.24. The molecule has 2 rings (SSSR count). The van der Waals surface area contributed by atoms with E-state index in [1.165, 1.54) is 0 Å². The number of aryl methyl sites for hydroxylation is 3. The van der Waals surface area contributed by atoms with Gasteiger partial charge >= 0.3 is 0 Å². The van der Waals surface area contributed by atoms with E-state index < -0.39 is 0 Å². The van der Waals surface area contributed by atoms with E-state index in [-0.39, 0.29) is 11.1 Å². The number of nitrogens with zero attached hydrogens (tertiary/aromatic N) is 3. The fraction of sp³-hybridized carbons (Fsp3) is 0.533. The van der Waals surface area contributed by atoms with Crippen LogP contribution in [0, 0.1) is 13.8 Å². The smallest absolute Gasteiger partial charge is 0.229 e. The number of carbonyl (C=O) groups excluding carboxylic acids is 1. The molecule has 0 aliphatic heterocycles. The van der Waals surface area contributed by atoms with Gasteiger partial charge in [-0.1, -0.05) is 5.16 Å². The van der Waals surface area contributed by atoms with Crippen molar-refractivity contribution in [1.29, 1.82) is 0 Å². The molecule has 22 heavy (non-hydrogen) atoms.